The third kappa shape index (κ3) is 3.15. The van der Waals surface area contributed by atoms with Crippen molar-refractivity contribution in [2.75, 3.05) is 12.3 Å². The van der Waals surface area contributed by atoms with Crippen molar-refractivity contribution in [2.45, 2.75) is 11.6 Å². The fraction of sp³-hybridized carbons (Fsp3) is 0.300. The van der Waals surface area contributed by atoms with Gasteiger partial charge in [0, 0.05) is 11.3 Å². The highest BCUT2D eigenvalue weighted by atomic mass is 32.2. The van der Waals surface area contributed by atoms with Crippen molar-refractivity contribution < 1.29 is 13.3 Å². The van der Waals surface area contributed by atoms with E-state index in [4.69, 9.17) is 0 Å². The molecule has 1 aromatic carbocycles. The maximum Gasteiger partial charge on any atom is 0.272 e. The molecule has 1 aromatic heterocycles. The number of tetrazole rings is 1. The van der Waals surface area contributed by atoms with Crippen LogP contribution in [0.3, 0.4) is 0 Å². The maximum atomic E-state index is 12.1. The summed E-state index contributed by atoms with van der Waals surface area (Å²) in [4.78, 5) is 9.67. The minimum Gasteiger partial charge on any atom is -0.265 e. The fourth-order valence-electron chi connectivity index (χ4n) is 1.58. The molecule has 106 valence electrons. The van der Waals surface area contributed by atoms with Crippen LogP contribution in [0, 0.1) is 10.1 Å². The fourth-order valence-corrected chi connectivity index (χ4v) is 2.84. The van der Waals surface area contributed by atoms with E-state index < -0.39 is 21.3 Å². The van der Waals surface area contributed by atoms with Gasteiger partial charge in [0.25, 0.3) is 5.16 Å². The number of hydrogen-bond donors (Lipinski definition) is 0. The van der Waals surface area contributed by atoms with Crippen molar-refractivity contribution in [2.24, 2.45) is 0 Å². The smallest absolute Gasteiger partial charge is 0.265 e. The molecule has 0 saturated carbocycles. The van der Waals surface area contributed by atoms with Crippen molar-refractivity contribution in [3.05, 3.63) is 40.4 Å². The van der Waals surface area contributed by atoms with Gasteiger partial charge in [0.05, 0.1) is 11.4 Å². The Kier molecular flexibility index (Phi) is 4.03. The molecule has 0 aliphatic heterocycles. The largest absolute Gasteiger partial charge is 0.272 e. The lowest BCUT2D eigenvalue weighted by Crippen LogP contribution is -2.16. The number of aromatic nitrogens is 4. The number of benzene rings is 1. The van der Waals surface area contributed by atoms with Gasteiger partial charge in [-0.05, 0) is 22.6 Å². The van der Waals surface area contributed by atoms with Gasteiger partial charge in [-0.25, -0.2) is 8.42 Å². The number of hydrogen-bond acceptors (Lipinski definition) is 7. The van der Waals surface area contributed by atoms with Crippen molar-refractivity contribution in [3.63, 3.8) is 0 Å². The molecular weight excluding hydrogens is 286 g/mol. The molecule has 0 unspecified atom stereocenters. The molecular formula is C10H11N5O4S. The Hall–Kier alpha value is -2.36. The van der Waals surface area contributed by atoms with Crippen molar-refractivity contribution >= 4 is 9.84 Å². The van der Waals surface area contributed by atoms with E-state index in [1.165, 1.54) is 0 Å². The highest BCUT2D eigenvalue weighted by Crippen LogP contribution is 2.13. The van der Waals surface area contributed by atoms with Gasteiger partial charge < -0.3 is 0 Å². The summed E-state index contributed by atoms with van der Waals surface area (Å²) in [6, 6.07) is 8.54. The Morgan fingerprint density at radius 1 is 1.25 bits per heavy atom. The van der Waals surface area contributed by atoms with Crippen LogP contribution in [0.4, 0.5) is 0 Å². The van der Waals surface area contributed by atoms with Crippen LogP contribution in [0.2, 0.25) is 0 Å². The summed E-state index contributed by atoms with van der Waals surface area (Å²) in [7, 11) is -3.77. The molecule has 1 heterocycles. The monoisotopic (exact) mass is 297 g/mol. The summed E-state index contributed by atoms with van der Waals surface area (Å²) in [5.41, 5.74) is 0.505. The van der Waals surface area contributed by atoms with E-state index in [-0.39, 0.29) is 17.3 Å². The lowest BCUT2D eigenvalue weighted by molar-refractivity contribution is -0.479. The molecule has 0 spiro atoms. The summed E-state index contributed by atoms with van der Waals surface area (Å²) >= 11 is 0. The zero-order valence-electron chi connectivity index (χ0n) is 10.3. The number of rotatable bonds is 6. The second-order valence-corrected chi connectivity index (χ2v) is 5.94. The Labute approximate surface area is 114 Å². The lowest BCUT2D eigenvalue weighted by atomic mass is 10.3. The topological polar surface area (TPSA) is 121 Å². The molecule has 0 radical (unpaired) electrons. The molecule has 0 saturated heterocycles. The van der Waals surface area contributed by atoms with Crippen LogP contribution in [0.15, 0.2) is 35.5 Å². The van der Waals surface area contributed by atoms with E-state index in [0.717, 1.165) is 4.68 Å². The third-order valence-corrected chi connectivity index (χ3v) is 4.11. The normalized spacial score (nSPS) is 11.4. The average molecular weight is 297 g/mol. The lowest BCUT2D eigenvalue weighted by Gasteiger charge is -2.04. The van der Waals surface area contributed by atoms with E-state index >= 15 is 0 Å². The predicted octanol–water partition coefficient (Wildman–Crippen LogP) is 0.103. The maximum absolute atomic E-state index is 12.1. The van der Waals surface area contributed by atoms with Crippen molar-refractivity contribution in [1.29, 1.82) is 0 Å². The predicted molar refractivity (Wildman–Crippen MR) is 67.7 cm³/mol. The van der Waals surface area contributed by atoms with E-state index in [9.17, 15) is 18.5 Å². The number of para-hydroxylation sites is 1. The highest BCUT2D eigenvalue weighted by Gasteiger charge is 2.24. The summed E-state index contributed by atoms with van der Waals surface area (Å²) in [6.45, 7) is -0.411. The molecule has 2 rings (SSSR count). The Morgan fingerprint density at radius 2 is 1.95 bits per heavy atom. The molecule has 2 aromatic rings. The first-order valence-corrected chi connectivity index (χ1v) is 7.34. The SMILES string of the molecule is O=[N+]([O-])CCCS(=O)(=O)c1nnnn1-c1ccccc1. The molecule has 0 aliphatic rings. The second-order valence-electron chi connectivity index (χ2n) is 3.94. The number of nitro groups is 1. The van der Waals surface area contributed by atoms with Gasteiger partial charge in [-0.1, -0.05) is 23.3 Å². The molecule has 0 bridgehead atoms. The third-order valence-electron chi connectivity index (χ3n) is 2.47. The molecule has 20 heavy (non-hydrogen) atoms. The van der Waals surface area contributed by atoms with E-state index in [2.05, 4.69) is 15.5 Å². The van der Waals surface area contributed by atoms with Crippen molar-refractivity contribution in [3.8, 4) is 5.69 Å². The van der Waals surface area contributed by atoms with Gasteiger partial charge in [0.1, 0.15) is 0 Å². The molecule has 0 N–H and O–H groups in total. The van der Waals surface area contributed by atoms with E-state index in [1.807, 2.05) is 0 Å². The molecule has 10 heteroatoms. The zero-order valence-corrected chi connectivity index (χ0v) is 11.1. The van der Waals surface area contributed by atoms with Crippen LogP contribution >= 0.6 is 0 Å². The first-order chi connectivity index (χ1) is 9.50. The summed E-state index contributed by atoms with van der Waals surface area (Å²) < 4.78 is 25.3. The summed E-state index contributed by atoms with van der Waals surface area (Å²) in [5, 5.41) is 20.4. The van der Waals surface area contributed by atoms with Crippen LogP contribution in [0.25, 0.3) is 5.69 Å². The van der Waals surface area contributed by atoms with Crippen LogP contribution < -0.4 is 0 Å². The Bertz CT molecular complexity index is 697. The number of nitrogens with zero attached hydrogens (tertiary/aromatic N) is 5. The molecule has 0 atom stereocenters. The molecule has 9 nitrogen and oxygen atoms in total. The average Bonchev–Trinajstić information content (AvgIpc) is 2.89. The van der Waals surface area contributed by atoms with Gasteiger partial charge in [0.2, 0.25) is 16.4 Å². The van der Waals surface area contributed by atoms with Crippen molar-refractivity contribution in [1.82, 2.24) is 20.2 Å². The molecule has 0 aliphatic carbocycles. The van der Waals surface area contributed by atoms with Gasteiger partial charge in [-0.3, -0.25) is 10.1 Å². The van der Waals surface area contributed by atoms with Crippen LogP contribution in [-0.4, -0.2) is 45.8 Å². The number of sulfone groups is 1. The first kappa shape index (κ1) is 14.1. The first-order valence-electron chi connectivity index (χ1n) is 5.69. The Morgan fingerprint density at radius 3 is 2.60 bits per heavy atom. The Balaban J connectivity index is 2.25. The molecule has 0 amide bonds. The minimum atomic E-state index is -3.77. The quantitative estimate of drug-likeness (QED) is 0.547. The van der Waals surface area contributed by atoms with Gasteiger partial charge in [-0.2, -0.15) is 4.68 Å². The van der Waals surface area contributed by atoms with Crippen LogP contribution in [0.1, 0.15) is 6.42 Å². The van der Waals surface area contributed by atoms with Crippen LogP contribution in [-0.2, 0) is 9.84 Å². The van der Waals surface area contributed by atoms with E-state index in [0.29, 0.717) is 5.69 Å². The second kappa shape index (κ2) is 5.74. The summed E-state index contributed by atoms with van der Waals surface area (Å²) in [6.07, 6.45) is -0.0863. The zero-order chi connectivity index (χ0) is 14.6. The van der Waals surface area contributed by atoms with Crippen LogP contribution in [0.5, 0.6) is 0 Å². The van der Waals surface area contributed by atoms with E-state index in [1.54, 1.807) is 30.3 Å². The highest BCUT2D eigenvalue weighted by molar-refractivity contribution is 7.91. The standard InChI is InChI=1S/C10H11N5O4S/c16-14(17)7-4-8-20(18,19)10-11-12-13-15(10)9-5-2-1-3-6-9/h1-3,5-6H,4,7-8H2. The van der Waals surface area contributed by atoms with Gasteiger partial charge in [-0.15, -0.1) is 0 Å². The van der Waals surface area contributed by atoms with Gasteiger partial charge >= 0.3 is 0 Å². The molecule has 0 fully saturated rings. The van der Waals surface area contributed by atoms with Gasteiger partial charge in [0.15, 0.2) is 0 Å². The summed E-state index contributed by atoms with van der Waals surface area (Å²) in [5.74, 6) is -0.374. The minimum absolute atomic E-state index is 0.0863.